The van der Waals surface area contributed by atoms with Gasteiger partial charge in [-0.15, -0.1) is 0 Å². The van der Waals surface area contributed by atoms with E-state index in [1.807, 2.05) is 48.5 Å². The van der Waals surface area contributed by atoms with Crippen LogP contribution in [0.4, 0.5) is 5.69 Å². The van der Waals surface area contributed by atoms with Gasteiger partial charge in [-0.25, -0.2) is 4.79 Å². The van der Waals surface area contributed by atoms with Crippen LogP contribution in [0.1, 0.15) is 5.56 Å². The fraction of sp³-hybridized carbons (Fsp3) is 0.0952. The van der Waals surface area contributed by atoms with Crippen LogP contribution in [-0.2, 0) is 6.54 Å². The van der Waals surface area contributed by atoms with Crippen LogP contribution in [0.5, 0.6) is 5.75 Å². The van der Waals surface area contributed by atoms with E-state index in [0.29, 0.717) is 12.1 Å². The summed E-state index contributed by atoms with van der Waals surface area (Å²) in [5.41, 5.74) is 2.15. The van der Waals surface area contributed by atoms with Gasteiger partial charge in [0.25, 0.3) is 0 Å². The van der Waals surface area contributed by atoms with Crippen LogP contribution in [0.3, 0.4) is 0 Å². The van der Waals surface area contributed by atoms with Crippen LogP contribution in [0.15, 0.2) is 75.9 Å². The molecule has 4 rings (SSSR count). The zero-order valence-corrected chi connectivity index (χ0v) is 13.8. The first kappa shape index (κ1) is 15.3. The topological polar surface area (TPSA) is 51.5 Å². The normalized spacial score (nSPS) is 10.9. The fourth-order valence-corrected chi connectivity index (χ4v) is 3.07. The molecule has 0 aliphatic carbocycles. The first-order valence-corrected chi connectivity index (χ1v) is 8.07. The highest BCUT2D eigenvalue weighted by molar-refractivity contribution is 6.07. The molecule has 1 heterocycles. The highest BCUT2D eigenvalue weighted by Crippen LogP contribution is 2.28. The van der Waals surface area contributed by atoms with E-state index >= 15 is 0 Å². The Hall–Kier alpha value is -3.27. The lowest BCUT2D eigenvalue weighted by molar-refractivity contribution is 0.415. The Kier molecular flexibility index (Phi) is 3.86. The predicted molar refractivity (Wildman–Crippen MR) is 100 cm³/mol. The molecule has 0 saturated carbocycles. The molecule has 0 radical (unpaired) electrons. The van der Waals surface area contributed by atoms with E-state index in [2.05, 4.69) is 17.4 Å². The number of benzene rings is 3. The molecular formula is C21H17NO3. The molecule has 1 N–H and O–H groups in total. The maximum Gasteiger partial charge on any atom is 0.336 e. The van der Waals surface area contributed by atoms with E-state index < -0.39 is 0 Å². The molecule has 0 spiro atoms. The van der Waals surface area contributed by atoms with Crippen molar-refractivity contribution in [3.05, 3.63) is 82.7 Å². The van der Waals surface area contributed by atoms with Gasteiger partial charge >= 0.3 is 5.63 Å². The maximum absolute atomic E-state index is 11.9. The second-order valence-electron chi connectivity index (χ2n) is 5.83. The number of methoxy groups -OCH3 is 1. The Morgan fingerprint density at radius 2 is 1.80 bits per heavy atom. The first-order chi connectivity index (χ1) is 12.2. The van der Waals surface area contributed by atoms with E-state index in [0.717, 1.165) is 33.2 Å². The van der Waals surface area contributed by atoms with Crippen molar-refractivity contribution in [1.82, 2.24) is 0 Å². The molecule has 124 valence electrons. The molecule has 0 saturated heterocycles. The Morgan fingerprint density at radius 3 is 2.60 bits per heavy atom. The molecule has 0 amide bonds. The van der Waals surface area contributed by atoms with Crippen LogP contribution in [0.25, 0.3) is 21.7 Å². The summed E-state index contributed by atoms with van der Waals surface area (Å²) in [5, 5.41) is 6.53. The van der Waals surface area contributed by atoms with Gasteiger partial charge in [0.2, 0.25) is 0 Å². The molecule has 0 bridgehead atoms. The standard InChI is InChI=1S/C21H17NO3/c1-24-17-9-7-16(8-10-17)22-13-15-12-20(23)25-19-11-6-14-4-2-3-5-18(14)21(15)19/h2-12,22H,13H2,1H3. The number of fused-ring (bicyclic) bond motifs is 3. The minimum atomic E-state index is -0.339. The summed E-state index contributed by atoms with van der Waals surface area (Å²) < 4.78 is 10.6. The maximum atomic E-state index is 11.9. The van der Waals surface area contributed by atoms with Crippen LogP contribution < -0.4 is 15.7 Å². The van der Waals surface area contributed by atoms with Crippen LogP contribution in [-0.4, -0.2) is 7.11 Å². The van der Waals surface area contributed by atoms with Gasteiger partial charge in [-0.2, -0.15) is 0 Å². The van der Waals surface area contributed by atoms with Crippen molar-refractivity contribution in [1.29, 1.82) is 0 Å². The Morgan fingerprint density at radius 1 is 1.00 bits per heavy atom. The third-order valence-corrected chi connectivity index (χ3v) is 4.29. The number of nitrogens with one attached hydrogen (secondary N) is 1. The number of hydrogen-bond acceptors (Lipinski definition) is 4. The van der Waals surface area contributed by atoms with Crippen molar-refractivity contribution in [2.24, 2.45) is 0 Å². The van der Waals surface area contributed by atoms with Gasteiger partial charge in [0.1, 0.15) is 11.3 Å². The highest BCUT2D eigenvalue weighted by Gasteiger charge is 2.09. The molecule has 4 nitrogen and oxygen atoms in total. The van der Waals surface area contributed by atoms with Crippen LogP contribution in [0.2, 0.25) is 0 Å². The molecule has 4 aromatic rings. The largest absolute Gasteiger partial charge is 0.497 e. The van der Waals surface area contributed by atoms with Crippen LogP contribution >= 0.6 is 0 Å². The summed E-state index contributed by atoms with van der Waals surface area (Å²) in [6, 6.07) is 21.2. The third-order valence-electron chi connectivity index (χ3n) is 4.29. The van der Waals surface area contributed by atoms with E-state index in [-0.39, 0.29) is 5.63 Å². The summed E-state index contributed by atoms with van der Waals surface area (Å²) in [4.78, 5) is 11.9. The van der Waals surface area contributed by atoms with Crippen molar-refractivity contribution >= 4 is 27.4 Å². The Bertz CT molecular complexity index is 1100. The predicted octanol–water partition coefficient (Wildman–Crippen LogP) is 4.57. The Balaban J connectivity index is 1.77. The van der Waals surface area contributed by atoms with E-state index in [1.54, 1.807) is 13.2 Å². The van der Waals surface area contributed by atoms with Crippen molar-refractivity contribution in [3.8, 4) is 5.75 Å². The minimum absolute atomic E-state index is 0.339. The summed E-state index contributed by atoms with van der Waals surface area (Å²) >= 11 is 0. The molecule has 25 heavy (non-hydrogen) atoms. The van der Waals surface area contributed by atoms with Gasteiger partial charge in [-0.3, -0.25) is 0 Å². The lowest BCUT2D eigenvalue weighted by Crippen LogP contribution is -2.06. The summed E-state index contributed by atoms with van der Waals surface area (Å²) in [6.45, 7) is 0.530. The SMILES string of the molecule is COc1ccc(NCc2cc(=O)oc3ccc4ccccc4c23)cc1. The number of ether oxygens (including phenoxy) is 1. The van der Waals surface area contributed by atoms with Gasteiger partial charge in [0, 0.05) is 23.7 Å². The molecule has 3 aromatic carbocycles. The highest BCUT2D eigenvalue weighted by atomic mass is 16.5. The molecule has 1 aromatic heterocycles. The average Bonchev–Trinajstić information content (AvgIpc) is 2.66. The van der Waals surface area contributed by atoms with Crippen LogP contribution in [0, 0.1) is 0 Å². The van der Waals surface area contributed by atoms with Gasteiger partial charge in [-0.05, 0) is 46.7 Å². The van der Waals surface area contributed by atoms with E-state index in [1.165, 1.54) is 0 Å². The van der Waals surface area contributed by atoms with Gasteiger partial charge in [-0.1, -0.05) is 30.3 Å². The zero-order chi connectivity index (χ0) is 17.2. The van der Waals surface area contributed by atoms with Crippen molar-refractivity contribution in [2.75, 3.05) is 12.4 Å². The molecule has 0 aliphatic rings. The molecule has 0 atom stereocenters. The summed E-state index contributed by atoms with van der Waals surface area (Å²) in [5.74, 6) is 0.808. The average molecular weight is 331 g/mol. The lowest BCUT2D eigenvalue weighted by atomic mass is 10.0. The second-order valence-corrected chi connectivity index (χ2v) is 5.83. The Labute approximate surface area is 144 Å². The molecule has 0 unspecified atom stereocenters. The molecule has 4 heteroatoms. The number of rotatable bonds is 4. The van der Waals surface area contributed by atoms with Crippen molar-refractivity contribution in [2.45, 2.75) is 6.54 Å². The number of anilines is 1. The first-order valence-electron chi connectivity index (χ1n) is 8.07. The fourth-order valence-electron chi connectivity index (χ4n) is 3.07. The monoisotopic (exact) mass is 331 g/mol. The lowest BCUT2D eigenvalue weighted by Gasteiger charge is -2.11. The summed E-state index contributed by atoms with van der Waals surface area (Å²) in [7, 11) is 1.64. The van der Waals surface area contributed by atoms with Gasteiger partial charge in [0.05, 0.1) is 7.11 Å². The van der Waals surface area contributed by atoms with E-state index in [9.17, 15) is 4.79 Å². The van der Waals surface area contributed by atoms with Crippen molar-refractivity contribution < 1.29 is 9.15 Å². The molecular weight excluding hydrogens is 314 g/mol. The smallest absolute Gasteiger partial charge is 0.336 e. The second kappa shape index (κ2) is 6.32. The third kappa shape index (κ3) is 2.94. The van der Waals surface area contributed by atoms with Gasteiger partial charge < -0.3 is 14.5 Å². The summed E-state index contributed by atoms with van der Waals surface area (Å²) in [6.07, 6.45) is 0. The van der Waals surface area contributed by atoms with Crippen molar-refractivity contribution in [3.63, 3.8) is 0 Å². The number of hydrogen-bond donors (Lipinski definition) is 1. The quantitative estimate of drug-likeness (QED) is 0.440. The van der Waals surface area contributed by atoms with E-state index in [4.69, 9.17) is 9.15 Å². The molecule has 0 aliphatic heterocycles. The zero-order valence-electron chi connectivity index (χ0n) is 13.8. The molecule has 0 fully saturated rings. The minimum Gasteiger partial charge on any atom is -0.497 e. The van der Waals surface area contributed by atoms with Gasteiger partial charge in [0.15, 0.2) is 0 Å².